The van der Waals surface area contributed by atoms with Crippen molar-refractivity contribution in [3.63, 3.8) is 0 Å². The standard InChI is InChI=1S/C11H16N2O2S/c1-8(6-14)16-7-9-3-2-4-10(5-9)11(15)13-12/h2-5,8,14H,6-7,12H2,1H3,(H,13,15). The molecule has 0 fully saturated rings. The monoisotopic (exact) mass is 240 g/mol. The molecule has 0 heterocycles. The van der Waals surface area contributed by atoms with Gasteiger partial charge in [-0.1, -0.05) is 19.1 Å². The van der Waals surface area contributed by atoms with E-state index in [0.717, 1.165) is 11.3 Å². The van der Waals surface area contributed by atoms with Gasteiger partial charge >= 0.3 is 0 Å². The quantitative estimate of drug-likeness (QED) is 0.406. The highest BCUT2D eigenvalue weighted by molar-refractivity contribution is 7.99. The Hall–Kier alpha value is -1.04. The minimum Gasteiger partial charge on any atom is -0.395 e. The Morgan fingerprint density at radius 1 is 1.62 bits per heavy atom. The highest BCUT2D eigenvalue weighted by Crippen LogP contribution is 2.18. The molecule has 1 amide bonds. The maximum absolute atomic E-state index is 11.3. The number of nitrogens with two attached hydrogens (primary N) is 1. The van der Waals surface area contributed by atoms with Crippen molar-refractivity contribution in [3.05, 3.63) is 35.4 Å². The molecule has 1 unspecified atom stereocenters. The van der Waals surface area contributed by atoms with Crippen molar-refractivity contribution in [2.75, 3.05) is 6.61 Å². The Bertz CT molecular complexity index is 358. The van der Waals surface area contributed by atoms with Crippen molar-refractivity contribution in [2.24, 2.45) is 5.84 Å². The molecule has 0 saturated heterocycles. The van der Waals surface area contributed by atoms with Crippen molar-refractivity contribution in [1.29, 1.82) is 0 Å². The van der Waals surface area contributed by atoms with Crippen LogP contribution in [0.2, 0.25) is 0 Å². The van der Waals surface area contributed by atoms with Crippen LogP contribution >= 0.6 is 11.8 Å². The number of hydrogen-bond acceptors (Lipinski definition) is 4. The Kier molecular flexibility index (Phi) is 5.31. The Balaban J connectivity index is 2.64. The molecule has 0 spiro atoms. The van der Waals surface area contributed by atoms with Crippen LogP contribution < -0.4 is 11.3 Å². The zero-order valence-electron chi connectivity index (χ0n) is 9.14. The summed E-state index contributed by atoms with van der Waals surface area (Å²) in [7, 11) is 0. The van der Waals surface area contributed by atoms with E-state index in [9.17, 15) is 4.79 Å². The number of carbonyl (C=O) groups excluding carboxylic acids is 1. The van der Waals surface area contributed by atoms with Crippen LogP contribution in [0.1, 0.15) is 22.8 Å². The smallest absolute Gasteiger partial charge is 0.265 e. The number of nitrogen functional groups attached to an aromatic ring is 1. The minimum absolute atomic E-state index is 0.160. The minimum atomic E-state index is -0.290. The van der Waals surface area contributed by atoms with Crippen molar-refractivity contribution < 1.29 is 9.90 Å². The SMILES string of the molecule is CC(CO)SCc1cccc(C(=O)NN)c1. The van der Waals surface area contributed by atoms with E-state index in [2.05, 4.69) is 5.43 Å². The molecule has 0 aromatic heterocycles. The third-order valence-corrected chi connectivity index (χ3v) is 3.33. The summed E-state index contributed by atoms with van der Waals surface area (Å²) in [6, 6.07) is 7.29. The molecule has 88 valence electrons. The number of benzene rings is 1. The molecule has 0 bridgehead atoms. The van der Waals surface area contributed by atoms with Crippen molar-refractivity contribution >= 4 is 17.7 Å². The van der Waals surface area contributed by atoms with Gasteiger partial charge in [0.25, 0.3) is 5.91 Å². The van der Waals surface area contributed by atoms with Gasteiger partial charge in [-0.15, -0.1) is 0 Å². The molecule has 0 radical (unpaired) electrons. The van der Waals surface area contributed by atoms with Gasteiger partial charge in [0.15, 0.2) is 0 Å². The van der Waals surface area contributed by atoms with Gasteiger partial charge in [-0.25, -0.2) is 5.84 Å². The van der Waals surface area contributed by atoms with Crippen LogP contribution in [0.4, 0.5) is 0 Å². The van der Waals surface area contributed by atoms with Crippen LogP contribution in [0, 0.1) is 0 Å². The number of carbonyl (C=O) groups is 1. The predicted octanol–water partition coefficient (Wildman–Crippen LogP) is 0.904. The van der Waals surface area contributed by atoms with Crippen LogP contribution in [0.5, 0.6) is 0 Å². The summed E-state index contributed by atoms with van der Waals surface area (Å²) in [5.74, 6) is 5.54. The number of hydrogen-bond donors (Lipinski definition) is 3. The Labute approximate surface area is 99.2 Å². The Morgan fingerprint density at radius 3 is 3.00 bits per heavy atom. The van der Waals surface area contributed by atoms with Crippen LogP contribution in [-0.4, -0.2) is 22.9 Å². The summed E-state index contributed by atoms with van der Waals surface area (Å²) in [6.45, 7) is 2.12. The Morgan fingerprint density at radius 2 is 2.38 bits per heavy atom. The van der Waals surface area contributed by atoms with Crippen molar-refractivity contribution in [2.45, 2.75) is 17.9 Å². The summed E-state index contributed by atoms with van der Waals surface area (Å²) in [4.78, 5) is 11.3. The maximum atomic E-state index is 11.3. The second kappa shape index (κ2) is 6.52. The molecule has 1 rings (SSSR count). The number of aliphatic hydroxyl groups is 1. The lowest BCUT2D eigenvalue weighted by atomic mass is 10.1. The van der Waals surface area contributed by atoms with Crippen molar-refractivity contribution in [1.82, 2.24) is 5.43 Å². The second-order valence-corrected chi connectivity index (χ2v) is 4.90. The summed E-state index contributed by atoms with van der Waals surface area (Å²) in [5, 5.41) is 9.09. The first-order chi connectivity index (χ1) is 7.67. The maximum Gasteiger partial charge on any atom is 0.265 e. The molecule has 0 aliphatic heterocycles. The largest absolute Gasteiger partial charge is 0.395 e. The number of aliphatic hydroxyl groups excluding tert-OH is 1. The molecule has 0 saturated carbocycles. The molecule has 0 aliphatic carbocycles. The number of amides is 1. The number of nitrogens with one attached hydrogen (secondary N) is 1. The zero-order chi connectivity index (χ0) is 12.0. The molecule has 1 atom stereocenters. The molecular formula is C11H16N2O2S. The molecule has 4 N–H and O–H groups in total. The number of hydrazine groups is 1. The molecule has 1 aromatic carbocycles. The van der Waals surface area contributed by atoms with E-state index in [-0.39, 0.29) is 17.8 Å². The van der Waals surface area contributed by atoms with Gasteiger partial charge in [0.2, 0.25) is 0 Å². The average Bonchev–Trinajstić information content (AvgIpc) is 2.35. The fraction of sp³-hybridized carbons (Fsp3) is 0.364. The van der Waals surface area contributed by atoms with Gasteiger partial charge in [-0.3, -0.25) is 10.2 Å². The van der Waals surface area contributed by atoms with Crippen molar-refractivity contribution in [3.8, 4) is 0 Å². The molecule has 16 heavy (non-hydrogen) atoms. The van der Waals surface area contributed by atoms with E-state index in [4.69, 9.17) is 10.9 Å². The second-order valence-electron chi connectivity index (χ2n) is 3.48. The van der Waals surface area contributed by atoms with E-state index in [0.29, 0.717) is 5.56 Å². The highest BCUT2D eigenvalue weighted by Gasteiger charge is 2.05. The molecule has 1 aromatic rings. The number of rotatable bonds is 5. The first-order valence-corrected chi connectivity index (χ1v) is 6.04. The van der Waals surface area contributed by atoms with Crippen LogP contribution in [-0.2, 0) is 5.75 Å². The van der Waals surface area contributed by atoms with Gasteiger partial charge in [0.1, 0.15) is 0 Å². The predicted molar refractivity (Wildman–Crippen MR) is 65.9 cm³/mol. The molecule has 4 nitrogen and oxygen atoms in total. The topological polar surface area (TPSA) is 75.3 Å². The van der Waals surface area contributed by atoms with Gasteiger partial charge in [0, 0.05) is 16.6 Å². The third kappa shape index (κ3) is 3.84. The van der Waals surface area contributed by atoms with Gasteiger partial charge < -0.3 is 5.11 Å². The van der Waals surface area contributed by atoms with Gasteiger partial charge in [-0.2, -0.15) is 11.8 Å². The number of thioether (sulfide) groups is 1. The lowest BCUT2D eigenvalue weighted by molar-refractivity contribution is 0.0953. The summed E-state index contributed by atoms with van der Waals surface area (Å²) in [5.41, 5.74) is 3.70. The van der Waals surface area contributed by atoms with E-state index >= 15 is 0 Å². The van der Waals surface area contributed by atoms with Crippen LogP contribution in [0.3, 0.4) is 0 Å². The van der Waals surface area contributed by atoms with E-state index < -0.39 is 0 Å². The summed E-state index contributed by atoms with van der Waals surface area (Å²) < 4.78 is 0. The van der Waals surface area contributed by atoms with Crippen LogP contribution in [0.15, 0.2) is 24.3 Å². The van der Waals surface area contributed by atoms with Gasteiger partial charge in [-0.05, 0) is 17.7 Å². The van der Waals surface area contributed by atoms with E-state index in [1.54, 1.807) is 23.9 Å². The third-order valence-electron chi connectivity index (χ3n) is 2.11. The molecule has 0 aliphatic rings. The average molecular weight is 240 g/mol. The fourth-order valence-corrected chi connectivity index (χ4v) is 1.94. The fourth-order valence-electron chi connectivity index (χ4n) is 1.18. The lowest BCUT2D eigenvalue weighted by Crippen LogP contribution is -2.29. The van der Waals surface area contributed by atoms with E-state index in [1.807, 2.05) is 19.1 Å². The first-order valence-electron chi connectivity index (χ1n) is 4.99. The molecular weight excluding hydrogens is 224 g/mol. The summed E-state index contributed by atoms with van der Waals surface area (Å²) in [6.07, 6.45) is 0. The molecule has 5 heteroatoms. The normalized spacial score (nSPS) is 12.2. The van der Waals surface area contributed by atoms with Crippen LogP contribution in [0.25, 0.3) is 0 Å². The first kappa shape index (κ1) is 13.0. The lowest BCUT2D eigenvalue weighted by Gasteiger charge is -2.08. The van der Waals surface area contributed by atoms with E-state index in [1.165, 1.54) is 0 Å². The zero-order valence-corrected chi connectivity index (χ0v) is 9.96. The summed E-state index contributed by atoms with van der Waals surface area (Å²) >= 11 is 1.64. The van der Waals surface area contributed by atoms with Gasteiger partial charge in [0.05, 0.1) is 6.61 Å². The highest BCUT2D eigenvalue weighted by atomic mass is 32.2.